The number of carbonyl (C=O) groups excluding carboxylic acids is 4. The van der Waals surface area contributed by atoms with Gasteiger partial charge in [-0.1, -0.05) is 54.4 Å². The molecule has 2 heterocycles. The minimum absolute atomic E-state index is 0. The topological polar surface area (TPSA) is 86.8 Å². The number of unbranched alkanes of at least 4 members (excludes halogenated alkanes) is 4. The van der Waals surface area contributed by atoms with Gasteiger partial charge in [0.05, 0.1) is 0 Å². The standard InChI is InChI=1S/C21H35N3O4.3C2H6.H2/c25-18(10-4-2-9-17-24-20(27)12-13-21(24)28)22-14-6-1-5-11-19(26)23-15-7-3-8-16-23;3*1-2;/h1-17H2,(H,22,25);3*1-2H3;1H. The summed E-state index contributed by atoms with van der Waals surface area (Å²) in [6.45, 7) is 15.0. The Morgan fingerprint density at radius 1 is 0.735 bits per heavy atom. The molecule has 4 amide bonds. The molecular weight excluding hydrogens is 430 g/mol. The fourth-order valence-electron chi connectivity index (χ4n) is 3.80. The van der Waals surface area contributed by atoms with E-state index in [0.717, 1.165) is 64.5 Å². The summed E-state index contributed by atoms with van der Waals surface area (Å²) in [6.07, 6.45) is 10.4. The average Bonchev–Trinajstić information content (AvgIpc) is 3.22. The number of nitrogens with zero attached hydrogens (tertiary/aromatic N) is 2. The Balaban J connectivity index is -0.00000135. The van der Waals surface area contributed by atoms with Crippen molar-refractivity contribution in [1.82, 2.24) is 15.1 Å². The Hall–Kier alpha value is -1.92. The number of nitrogens with one attached hydrogen (secondary N) is 1. The summed E-state index contributed by atoms with van der Waals surface area (Å²) in [5.74, 6) is 0.194. The lowest BCUT2D eigenvalue weighted by Crippen LogP contribution is -2.35. The highest BCUT2D eigenvalue weighted by Crippen LogP contribution is 2.13. The van der Waals surface area contributed by atoms with Crippen LogP contribution in [0.25, 0.3) is 0 Å². The predicted octanol–water partition coefficient (Wildman–Crippen LogP) is 5.71. The Morgan fingerprint density at radius 3 is 1.85 bits per heavy atom. The van der Waals surface area contributed by atoms with E-state index in [1.54, 1.807) is 0 Å². The van der Waals surface area contributed by atoms with Gasteiger partial charge in [-0.3, -0.25) is 24.1 Å². The first-order valence-corrected chi connectivity index (χ1v) is 14.0. The van der Waals surface area contributed by atoms with Crippen molar-refractivity contribution in [3.63, 3.8) is 0 Å². The van der Waals surface area contributed by atoms with Gasteiger partial charge in [-0.25, -0.2) is 0 Å². The van der Waals surface area contributed by atoms with Crippen LogP contribution in [0.3, 0.4) is 0 Å². The zero-order valence-corrected chi connectivity index (χ0v) is 23.0. The number of amides is 4. The maximum Gasteiger partial charge on any atom is 0.229 e. The maximum absolute atomic E-state index is 12.0. The fraction of sp³-hybridized carbons (Fsp3) is 0.852. The van der Waals surface area contributed by atoms with Gasteiger partial charge in [0.15, 0.2) is 0 Å². The van der Waals surface area contributed by atoms with Crippen molar-refractivity contribution in [2.24, 2.45) is 0 Å². The van der Waals surface area contributed by atoms with Gasteiger partial charge in [0.25, 0.3) is 0 Å². The predicted molar refractivity (Wildman–Crippen MR) is 142 cm³/mol. The molecule has 7 heteroatoms. The number of carbonyl (C=O) groups is 4. The molecule has 0 aromatic rings. The lowest BCUT2D eigenvalue weighted by molar-refractivity contribution is -0.138. The van der Waals surface area contributed by atoms with E-state index in [0.29, 0.717) is 38.8 Å². The average molecular weight is 486 g/mol. The van der Waals surface area contributed by atoms with Crippen LogP contribution in [0.2, 0.25) is 0 Å². The van der Waals surface area contributed by atoms with Crippen molar-refractivity contribution in [1.29, 1.82) is 0 Å². The summed E-state index contributed by atoms with van der Waals surface area (Å²) in [5.41, 5.74) is 0. The summed E-state index contributed by atoms with van der Waals surface area (Å²) >= 11 is 0. The van der Waals surface area contributed by atoms with Crippen LogP contribution in [-0.4, -0.2) is 59.6 Å². The minimum Gasteiger partial charge on any atom is -0.356 e. The summed E-state index contributed by atoms with van der Waals surface area (Å²) < 4.78 is 0. The van der Waals surface area contributed by atoms with Crippen LogP contribution in [0.4, 0.5) is 0 Å². The van der Waals surface area contributed by atoms with Crippen molar-refractivity contribution < 1.29 is 20.6 Å². The molecule has 0 spiro atoms. The number of likely N-dealkylation sites (tertiary alicyclic amines) is 2. The van der Waals surface area contributed by atoms with E-state index in [1.165, 1.54) is 11.3 Å². The highest BCUT2D eigenvalue weighted by Gasteiger charge is 2.27. The second-order valence-electron chi connectivity index (χ2n) is 7.85. The van der Waals surface area contributed by atoms with Gasteiger partial charge in [0, 0.05) is 53.3 Å². The van der Waals surface area contributed by atoms with Gasteiger partial charge in [0.2, 0.25) is 23.6 Å². The van der Waals surface area contributed by atoms with Crippen LogP contribution in [0.1, 0.15) is 126 Å². The SMILES string of the molecule is CC.CC.CC.O=C(CCCCCN1C(=O)CCC1=O)NCCCCCC(=O)N1CCCCC1.[HH]. The zero-order chi connectivity index (χ0) is 26.2. The maximum atomic E-state index is 12.0. The number of piperidine rings is 1. The molecule has 0 aromatic carbocycles. The highest BCUT2D eigenvalue weighted by atomic mass is 16.2. The Labute approximate surface area is 210 Å². The largest absolute Gasteiger partial charge is 0.356 e. The molecule has 34 heavy (non-hydrogen) atoms. The van der Waals surface area contributed by atoms with E-state index in [2.05, 4.69) is 5.32 Å². The molecule has 2 aliphatic heterocycles. The van der Waals surface area contributed by atoms with Crippen molar-refractivity contribution in [2.75, 3.05) is 26.2 Å². The van der Waals surface area contributed by atoms with E-state index < -0.39 is 0 Å². The monoisotopic (exact) mass is 485 g/mol. The quantitative estimate of drug-likeness (QED) is 0.283. The lowest BCUT2D eigenvalue weighted by Gasteiger charge is -2.26. The molecule has 2 saturated heterocycles. The molecule has 1 N–H and O–H groups in total. The summed E-state index contributed by atoms with van der Waals surface area (Å²) in [6, 6.07) is 0. The van der Waals surface area contributed by atoms with E-state index >= 15 is 0 Å². The first-order valence-electron chi connectivity index (χ1n) is 14.0. The first-order chi connectivity index (χ1) is 16.6. The third-order valence-electron chi connectivity index (χ3n) is 5.54. The number of imide groups is 1. The third kappa shape index (κ3) is 15.8. The smallest absolute Gasteiger partial charge is 0.229 e. The van der Waals surface area contributed by atoms with Crippen LogP contribution < -0.4 is 5.32 Å². The van der Waals surface area contributed by atoms with E-state index in [4.69, 9.17) is 0 Å². The summed E-state index contributed by atoms with van der Waals surface area (Å²) in [7, 11) is 0. The van der Waals surface area contributed by atoms with Gasteiger partial charge in [-0.05, 0) is 44.9 Å². The second kappa shape index (κ2) is 24.2. The molecule has 0 atom stereocenters. The molecular formula is C27H55N3O4. The van der Waals surface area contributed by atoms with Crippen LogP contribution >= 0.6 is 0 Å². The Kier molecular flexibility index (Phi) is 24.4. The van der Waals surface area contributed by atoms with Crippen LogP contribution in [0.15, 0.2) is 0 Å². The van der Waals surface area contributed by atoms with E-state index in [1.807, 2.05) is 46.4 Å². The molecule has 7 nitrogen and oxygen atoms in total. The Morgan fingerprint density at radius 2 is 1.26 bits per heavy atom. The highest BCUT2D eigenvalue weighted by molar-refractivity contribution is 6.01. The molecule has 2 fully saturated rings. The molecule has 0 unspecified atom stereocenters. The summed E-state index contributed by atoms with van der Waals surface area (Å²) in [5, 5.41) is 2.93. The van der Waals surface area contributed by atoms with Crippen molar-refractivity contribution >= 4 is 23.6 Å². The number of hydrogen-bond donors (Lipinski definition) is 1. The van der Waals surface area contributed by atoms with Gasteiger partial charge >= 0.3 is 0 Å². The fourth-order valence-corrected chi connectivity index (χ4v) is 3.80. The normalized spacial score (nSPS) is 14.8. The molecule has 2 rings (SSSR count). The minimum atomic E-state index is -0.0691. The van der Waals surface area contributed by atoms with Crippen molar-refractivity contribution in [3.05, 3.63) is 0 Å². The van der Waals surface area contributed by atoms with Gasteiger partial charge in [-0.15, -0.1) is 0 Å². The van der Waals surface area contributed by atoms with Gasteiger partial charge in [-0.2, -0.15) is 0 Å². The lowest BCUT2D eigenvalue weighted by atomic mass is 10.1. The third-order valence-corrected chi connectivity index (χ3v) is 5.54. The molecule has 0 bridgehead atoms. The molecule has 0 radical (unpaired) electrons. The zero-order valence-electron chi connectivity index (χ0n) is 23.0. The van der Waals surface area contributed by atoms with Gasteiger partial charge < -0.3 is 10.2 Å². The molecule has 0 aliphatic carbocycles. The molecule has 2 aliphatic rings. The van der Waals surface area contributed by atoms with Crippen LogP contribution in [0.5, 0.6) is 0 Å². The molecule has 0 aromatic heterocycles. The Bertz CT molecular complexity index is 537. The van der Waals surface area contributed by atoms with E-state index in [9.17, 15) is 19.2 Å². The van der Waals surface area contributed by atoms with Crippen LogP contribution in [0, 0.1) is 0 Å². The van der Waals surface area contributed by atoms with E-state index in [-0.39, 0.29) is 25.1 Å². The van der Waals surface area contributed by atoms with Crippen molar-refractivity contribution in [3.8, 4) is 0 Å². The number of rotatable bonds is 12. The van der Waals surface area contributed by atoms with Gasteiger partial charge in [0.1, 0.15) is 0 Å². The first kappa shape index (κ1) is 34.2. The second-order valence-corrected chi connectivity index (χ2v) is 7.85. The molecule has 202 valence electrons. The number of hydrogen-bond acceptors (Lipinski definition) is 4. The summed E-state index contributed by atoms with van der Waals surface area (Å²) in [4.78, 5) is 50.2. The molecule has 0 saturated carbocycles. The van der Waals surface area contributed by atoms with Crippen LogP contribution in [-0.2, 0) is 19.2 Å². The van der Waals surface area contributed by atoms with Crippen molar-refractivity contribution in [2.45, 2.75) is 125 Å².